The summed E-state index contributed by atoms with van der Waals surface area (Å²) in [5, 5.41) is 0.495. The summed E-state index contributed by atoms with van der Waals surface area (Å²) in [7, 11) is 0. The molecular formula is C18H20S. The van der Waals surface area contributed by atoms with Gasteiger partial charge in [0.2, 0.25) is 0 Å². The zero-order chi connectivity index (χ0) is 13.3. The van der Waals surface area contributed by atoms with Crippen LogP contribution in [0.2, 0.25) is 0 Å². The first-order chi connectivity index (χ1) is 9.34. The minimum absolute atomic E-state index is 0.495. The second-order valence-corrected chi connectivity index (χ2v) is 5.92. The molecule has 0 N–H and O–H groups in total. The maximum Gasteiger partial charge on any atom is 0.0312 e. The van der Waals surface area contributed by atoms with Gasteiger partial charge in [0.05, 0.1) is 0 Å². The Morgan fingerprint density at radius 1 is 0.895 bits per heavy atom. The molecule has 0 amide bonds. The monoisotopic (exact) mass is 268 g/mol. The van der Waals surface area contributed by atoms with Crippen molar-refractivity contribution >= 4 is 11.8 Å². The first kappa shape index (κ1) is 14.0. The van der Waals surface area contributed by atoms with Crippen LogP contribution in [0.3, 0.4) is 0 Å². The van der Waals surface area contributed by atoms with Crippen molar-refractivity contribution in [2.45, 2.75) is 29.9 Å². The second kappa shape index (κ2) is 7.85. The molecule has 0 saturated heterocycles. The Morgan fingerprint density at radius 3 is 2.37 bits per heavy atom. The van der Waals surface area contributed by atoms with E-state index in [2.05, 4.69) is 79.8 Å². The van der Waals surface area contributed by atoms with Gasteiger partial charge < -0.3 is 0 Å². The van der Waals surface area contributed by atoms with E-state index < -0.39 is 0 Å². The highest BCUT2D eigenvalue weighted by molar-refractivity contribution is 8.00. The molecule has 0 saturated carbocycles. The topological polar surface area (TPSA) is 0 Å². The lowest BCUT2D eigenvalue weighted by Gasteiger charge is -2.10. The molecule has 0 fully saturated rings. The molecule has 0 aliphatic heterocycles. The maximum absolute atomic E-state index is 2.29. The molecule has 1 aromatic rings. The smallest absolute Gasteiger partial charge is 0.0312 e. The van der Waals surface area contributed by atoms with Crippen LogP contribution in [0.15, 0.2) is 77.8 Å². The van der Waals surface area contributed by atoms with Crippen LogP contribution in [0.4, 0.5) is 0 Å². The van der Waals surface area contributed by atoms with E-state index in [4.69, 9.17) is 0 Å². The number of aryl methyl sites for hydroxylation is 1. The Bertz CT molecular complexity index is 489. The fraction of sp³-hybridized carbons (Fsp3) is 0.222. The molecule has 1 heteroatoms. The van der Waals surface area contributed by atoms with Crippen LogP contribution in [0.5, 0.6) is 0 Å². The molecule has 1 aliphatic carbocycles. The SMILES string of the molecule is Cc1ccc(SC2/C=C\C=C/C/C=C\C=C/C2)cc1. The van der Waals surface area contributed by atoms with Gasteiger partial charge in [-0.2, -0.15) is 0 Å². The number of allylic oxidation sites excluding steroid dienone is 7. The van der Waals surface area contributed by atoms with Crippen molar-refractivity contribution in [1.29, 1.82) is 0 Å². The standard InChI is InChI=1S/C18H20S/c1-16-12-14-18(15-13-16)19-17-10-8-6-4-2-3-5-7-9-11-17/h2,4-9,11-15,17H,3,10H2,1H3/b4-2-,7-5-,8-6-,11-9-. The van der Waals surface area contributed by atoms with Crippen molar-refractivity contribution in [1.82, 2.24) is 0 Å². The first-order valence-electron chi connectivity index (χ1n) is 6.73. The minimum Gasteiger partial charge on any atom is -0.118 e. The molecule has 98 valence electrons. The number of thioether (sulfide) groups is 1. The van der Waals surface area contributed by atoms with Crippen LogP contribution in [0.1, 0.15) is 18.4 Å². The molecule has 2 rings (SSSR count). The fourth-order valence-electron chi connectivity index (χ4n) is 1.83. The van der Waals surface area contributed by atoms with Crippen molar-refractivity contribution < 1.29 is 0 Å². The maximum atomic E-state index is 2.29. The van der Waals surface area contributed by atoms with Gasteiger partial charge in [-0.1, -0.05) is 66.3 Å². The average Bonchev–Trinajstić information content (AvgIpc) is 2.47. The molecule has 1 unspecified atom stereocenters. The summed E-state index contributed by atoms with van der Waals surface area (Å²) in [5.74, 6) is 0. The third-order valence-corrected chi connectivity index (χ3v) is 4.10. The van der Waals surface area contributed by atoms with Gasteiger partial charge in [0.15, 0.2) is 0 Å². The highest BCUT2D eigenvalue weighted by atomic mass is 32.2. The highest BCUT2D eigenvalue weighted by Gasteiger charge is 2.04. The van der Waals surface area contributed by atoms with Crippen LogP contribution in [0, 0.1) is 6.92 Å². The van der Waals surface area contributed by atoms with E-state index >= 15 is 0 Å². The Hall–Kier alpha value is -1.47. The minimum atomic E-state index is 0.495. The van der Waals surface area contributed by atoms with Gasteiger partial charge in [0.1, 0.15) is 0 Å². The van der Waals surface area contributed by atoms with Crippen LogP contribution in [0.25, 0.3) is 0 Å². The van der Waals surface area contributed by atoms with Gasteiger partial charge >= 0.3 is 0 Å². The van der Waals surface area contributed by atoms with Crippen LogP contribution < -0.4 is 0 Å². The van der Waals surface area contributed by atoms with Gasteiger partial charge in [0.25, 0.3) is 0 Å². The summed E-state index contributed by atoms with van der Waals surface area (Å²) in [6, 6.07) is 8.77. The predicted octanol–water partition coefficient (Wildman–Crippen LogP) is 5.47. The Morgan fingerprint density at radius 2 is 1.58 bits per heavy atom. The van der Waals surface area contributed by atoms with Gasteiger partial charge in [0, 0.05) is 10.1 Å². The predicted molar refractivity (Wildman–Crippen MR) is 86.6 cm³/mol. The molecule has 19 heavy (non-hydrogen) atoms. The summed E-state index contributed by atoms with van der Waals surface area (Å²) in [6.45, 7) is 2.13. The Balaban J connectivity index is 2.05. The lowest BCUT2D eigenvalue weighted by Crippen LogP contribution is -1.95. The molecule has 0 aromatic heterocycles. The number of hydrogen-bond donors (Lipinski definition) is 0. The largest absolute Gasteiger partial charge is 0.118 e. The van der Waals surface area contributed by atoms with Crippen molar-refractivity contribution in [2.75, 3.05) is 0 Å². The van der Waals surface area contributed by atoms with Crippen LogP contribution >= 0.6 is 11.8 Å². The van der Waals surface area contributed by atoms with E-state index in [9.17, 15) is 0 Å². The van der Waals surface area contributed by atoms with Crippen molar-refractivity contribution in [3.8, 4) is 0 Å². The summed E-state index contributed by atoms with van der Waals surface area (Å²) >= 11 is 1.92. The van der Waals surface area contributed by atoms with Crippen molar-refractivity contribution in [3.05, 3.63) is 78.4 Å². The number of hydrogen-bond acceptors (Lipinski definition) is 1. The Labute approximate surface area is 120 Å². The van der Waals surface area contributed by atoms with E-state index in [0.717, 1.165) is 12.8 Å². The van der Waals surface area contributed by atoms with E-state index in [1.165, 1.54) is 10.5 Å². The molecule has 0 radical (unpaired) electrons. The van der Waals surface area contributed by atoms with Crippen molar-refractivity contribution in [3.63, 3.8) is 0 Å². The van der Waals surface area contributed by atoms with E-state index in [1.807, 2.05) is 11.8 Å². The van der Waals surface area contributed by atoms with E-state index in [0.29, 0.717) is 5.25 Å². The van der Waals surface area contributed by atoms with Gasteiger partial charge in [-0.15, -0.1) is 11.8 Å². The summed E-state index contributed by atoms with van der Waals surface area (Å²) < 4.78 is 0. The van der Waals surface area contributed by atoms with Crippen molar-refractivity contribution in [2.24, 2.45) is 0 Å². The molecule has 0 heterocycles. The fourth-order valence-corrected chi connectivity index (χ4v) is 2.85. The molecule has 0 nitrogen and oxygen atoms in total. The van der Waals surface area contributed by atoms with Crippen LogP contribution in [-0.4, -0.2) is 5.25 Å². The second-order valence-electron chi connectivity index (χ2n) is 4.61. The highest BCUT2D eigenvalue weighted by Crippen LogP contribution is 2.27. The molecular weight excluding hydrogens is 248 g/mol. The number of rotatable bonds is 2. The van der Waals surface area contributed by atoms with Gasteiger partial charge in [-0.05, 0) is 31.9 Å². The quantitative estimate of drug-likeness (QED) is 0.685. The third-order valence-electron chi connectivity index (χ3n) is 2.91. The summed E-state index contributed by atoms with van der Waals surface area (Å²) in [5.41, 5.74) is 1.32. The zero-order valence-corrected chi connectivity index (χ0v) is 12.1. The molecule has 1 atom stereocenters. The summed E-state index contributed by atoms with van der Waals surface area (Å²) in [4.78, 5) is 1.34. The Kier molecular flexibility index (Phi) is 5.77. The number of benzene rings is 1. The first-order valence-corrected chi connectivity index (χ1v) is 7.61. The third kappa shape index (κ3) is 5.35. The van der Waals surface area contributed by atoms with Crippen LogP contribution in [-0.2, 0) is 0 Å². The molecule has 1 aliphatic rings. The van der Waals surface area contributed by atoms with E-state index in [-0.39, 0.29) is 0 Å². The van der Waals surface area contributed by atoms with E-state index in [1.54, 1.807) is 0 Å². The lowest BCUT2D eigenvalue weighted by molar-refractivity contribution is 1.07. The molecule has 0 bridgehead atoms. The molecule has 0 spiro atoms. The average molecular weight is 268 g/mol. The van der Waals surface area contributed by atoms with Gasteiger partial charge in [-0.25, -0.2) is 0 Å². The summed E-state index contributed by atoms with van der Waals surface area (Å²) in [6.07, 6.45) is 19.5. The molecule has 1 aromatic carbocycles. The van der Waals surface area contributed by atoms with Gasteiger partial charge in [-0.3, -0.25) is 0 Å². The zero-order valence-electron chi connectivity index (χ0n) is 11.3. The normalized spacial score (nSPS) is 26.1. The lowest BCUT2D eigenvalue weighted by atomic mass is 10.2.